The third-order valence-corrected chi connectivity index (χ3v) is 2.15. The van der Waals surface area contributed by atoms with E-state index in [1.807, 2.05) is 0 Å². The quantitative estimate of drug-likeness (QED) is 0.647. The fourth-order valence-electron chi connectivity index (χ4n) is 1.17. The summed E-state index contributed by atoms with van der Waals surface area (Å²) in [5.41, 5.74) is 1.18. The van der Waals surface area contributed by atoms with Gasteiger partial charge in [-0.3, -0.25) is 4.79 Å². The molecule has 0 radical (unpaired) electrons. The average molecular weight is 196 g/mol. The van der Waals surface area contributed by atoms with Crippen LogP contribution in [-0.2, 0) is 7.05 Å². The molecule has 4 nitrogen and oxygen atoms in total. The molecule has 0 aliphatic carbocycles. The predicted octanol–water partition coefficient (Wildman–Crippen LogP) is 1.43. The largest absolute Gasteiger partial charge is 0.310 e. The van der Waals surface area contributed by atoms with Crippen LogP contribution in [0.15, 0.2) is 12.3 Å². The summed E-state index contributed by atoms with van der Waals surface area (Å²) >= 11 is 5.87. The zero-order chi connectivity index (χ0) is 9.42. The van der Waals surface area contributed by atoms with E-state index in [1.165, 1.54) is 0 Å². The first-order chi connectivity index (χ1) is 6.24. The highest BCUT2D eigenvalue weighted by Gasteiger charge is 2.09. The summed E-state index contributed by atoms with van der Waals surface area (Å²) in [5, 5.41) is 0.508. The first-order valence-corrected chi connectivity index (χ1v) is 4.04. The third-order valence-electron chi connectivity index (χ3n) is 1.85. The second-order valence-corrected chi connectivity index (χ2v) is 3.02. The Balaban J connectivity index is 2.91. The van der Waals surface area contributed by atoms with E-state index in [4.69, 9.17) is 11.6 Å². The van der Waals surface area contributed by atoms with Gasteiger partial charge in [0.05, 0.1) is 5.02 Å². The lowest BCUT2D eigenvalue weighted by Gasteiger charge is -1.93. The number of hydrogen-bond acceptors (Lipinski definition) is 3. The van der Waals surface area contributed by atoms with E-state index in [0.29, 0.717) is 28.3 Å². The van der Waals surface area contributed by atoms with Crippen molar-refractivity contribution >= 4 is 29.1 Å². The van der Waals surface area contributed by atoms with Crippen LogP contribution in [-0.4, -0.2) is 20.8 Å². The van der Waals surface area contributed by atoms with Crippen LogP contribution in [0.2, 0.25) is 5.02 Å². The summed E-state index contributed by atoms with van der Waals surface area (Å²) in [6, 6.07) is 1.64. The lowest BCUT2D eigenvalue weighted by Crippen LogP contribution is -1.95. The Labute approximate surface area is 79.2 Å². The van der Waals surface area contributed by atoms with Crippen LogP contribution < -0.4 is 0 Å². The molecule has 0 N–H and O–H groups in total. The minimum Gasteiger partial charge on any atom is -0.310 e. The Morgan fingerprint density at radius 2 is 2.38 bits per heavy atom. The first-order valence-electron chi connectivity index (χ1n) is 3.66. The maximum Gasteiger partial charge on any atom is 0.185 e. The number of imidazole rings is 1. The molecular weight excluding hydrogens is 190 g/mol. The number of aromatic nitrogens is 3. The lowest BCUT2D eigenvalue weighted by atomic mass is 10.4. The normalized spacial score (nSPS) is 10.6. The summed E-state index contributed by atoms with van der Waals surface area (Å²) in [4.78, 5) is 18.7. The van der Waals surface area contributed by atoms with E-state index in [2.05, 4.69) is 9.97 Å². The molecule has 0 unspecified atom stereocenters. The number of pyridine rings is 1. The van der Waals surface area contributed by atoms with E-state index >= 15 is 0 Å². The van der Waals surface area contributed by atoms with Gasteiger partial charge in [-0.15, -0.1) is 0 Å². The molecule has 0 aromatic carbocycles. The zero-order valence-electron chi connectivity index (χ0n) is 6.86. The van der Waals surface area contributed by atoms with Gasteiger partial charge in [-0.05, 0) is 6.07 Å². The van der Waals surface area contributed by atoms with Gasteiger partial charge in [0.1, 0.15) is 5.52 Å². The SMILES string of the molecule is Cn1c(C=O)nc2c(Cl)ccnc21. The second kappa shape index (κ2) is 2.81. The number of hydrogen-bond donors (Lipinski definition) is 0. The number of fused-ring (bicyclic) bond motifs is 1. The maximum absolute atomic E-state index is 10.6. The molecule has 13 heavy (non-hydrogen) atoms. The van der Waals surface area contributed by atoms with Crippen LogP contribution in [0.4, 0.5) is 0 Å². The smallest absolute Gasteiger partial charge is 0.185 e. The highest BCUT2D eigenvalue weighted by atomic mass is 35.5. The van der Waals surface area contributed by atoms with E-state index in [-0.39, 0.29) is 0 Å². The highest BCUT2D eigenvalue weighted by molar-refractivity contribution is 6.34. The number of aryl methyl sites for hydroxylation is 1. The standard InChI is InChI=1S/C8H6ClN3O/c1-12-6(4-13)11-7-5(9)2-3-10-8(7)12/h2-4H,1H3. The van der Waals surface area contributed by atoms with Crippen molar-refractivity contribution in [2.24, 2.45) is 7.05 Å². The van der Waals surface area contributed by atoms with E-state index in [0.717, 1.165) is 0 Å². The van der Waals surface area contributed by atoms with Gasteiger partial charge in [0, 0.05) is 13.2 Å². The topological polar surface area (TPSA) is 47.8 Å². The number of nitrogens with zero attached hydrogens (tertiary/aromatic N) is 3. The number of carbonyl (C=O) groups excluding carboxylic acids is 1. The molecule has 0 amide bonds. The predicted molar refractivity (Wildman–Crippen MR) is 48.9 cm³/mol. The molecule has 5 heteroatoms. The van der Waals surface area contributed by atoms with Crippen molar-refractivity contribution in [1.29, 1.82) is 0 Å². The molecule has 0 bridgehead atoms. The molecule has 2 heterocycles. The summed E-state index contributed by atoms with van der Waals surface area (Å²) < 4.78 is 1.61. The number of carbonyl (C=O) groups is 1. The van der Waals surface area contributed by atoms with Crippen molar-refractivity contribution in [2.45, 2.75) is 0 Å². The van der Waals surface area contributed by atoms with E-state index in [1.54, 1.807) is 23.9 Å². The highest BCUT2D eigenvalue weighted by Crippen LogP contribution is 2.20. The van der Waals surface area contributed by atoms with Gasteiger partial charge >= 0.3 is 0 Å². The Hall–Kier alpha value is -1.42. The van der Waals surface area contributed by atoms with Gasteiger partial charge in [0.25, 0.3) is 0 Å². The fraction of sp³-hybridized carbons (Fsp3) is 0.125. The Kier molecular flexibility index (Phi) is 1.77. The molecule has 66 valence electrons. The fourth-order valence-corrected chi connectivity index (χ4v) is 1.36. The van der Waals surface area contributed by atoms with Crippen LogP contribution in [0, 0.1) is 0 Å². The number of rotatable bonds is 1. The van der Waals surface area contributed by atoms with Crippen LogP contribution in [0.5, 0.6) is 0 Å². The average Bonchev–Trinajstić information content (AvgIpc) is 2.45. The number of aldehydes is 1. The Morgan fingerprint density at radius 3 is 3.00 bits per heavy atom. The molecule has 0 saturated heterocycles. The van der Waals surface area contributed by atoms with Crippen molar-refractivity contribution in [1.82, 2.24) is 14.5 Å². The van der Waals surface area contributed by atoms with Crippen molar-refractivity contribution in [2.75, 3.05) is 0 Å². The van der Waals surface area contributed by atoms with Gasteiger partial charge in [0.2, 0.25) is 0 Å². The first kappa shape index (κ1) is 8.19. The molecule has 2 rings (SSSR count). The molecule has 0 aliphatic heterocycles. The summed E-state index contributed by atoms with van der Waals surface area (Å²) in [6.07, 6.45) is 2.26. The van der Waals surface area contributed by atoms with Crippen LogP contribution in [0.1, 0.15) is 10.6 Å². The Morgan fingerprint density at radius 1 is 1.62 bits per heavy atom. The minimum atomic E-state index is 0.329. The van der Waals surface area contributed by atoms with Crippen LogP contribution in [0.25, 0.3) is 11.2 Å². The molecule has 0 aliphatic rings. The molecule has 2 aromatic rings. The van der Waals surface area contributed by atoms with E-state index < -0.39 is 0 Å². The maximum atomic E-state index is 10.6. The lowest BCUT2D eigenvalue weighted by molar-refractivity contribution is 0.111. The van der Waals surface area contributed by atoms with Gasteiger partial charge < -0.3 is 4.57 Å². The van der Waals surface area contributed by atoms with Crippen molar-refractivity contribution in [3.05, 3.63) is 23.1 Å². The monoisotopic (exact) mass is 195 g/mol. The number of halogens is 1. The van der Waals surface area contributed by atoms with Crippen LogP contribution in [0.3, 0.4) is 0 Å². The van der Waals surface area contributed by atoms with Crippen LogP contribution >= 0.6 is 11.6 Å². The van der Waals surface area contributed by atoms with Crippen molar-refractivity contribution < 1.29 is 4.79 Å². The van der Waals surface area contributed by atoms with Gasteiger partial charge in [-0.25, -0.2) is 9.97 Å². The Bertz CT molecular complexity index is 477. The van der Waals surface area contributed by atoms with Gasteiger partial charge in [0.15, 0.2) is 17.8 Å². The van der Waals surface area contributed by atoms with E-state index in [9.17, 15) is 4.79 Å². The zero-order valence-corrected chi connectivity index (χ0v) is 7.62. The molecular formula is C8H6ClN3O. The van der Waals surface area contributed by atoms with Crippen molar-refractivity contribution in [3.8, 4) is 0 Å². The molecule has 0 atom stereocenters. The molecule has 0 fully saturated rings. The summed E-state index contributed by atoms with van der Waals surface area (Å²) in [7, 11) is 1.72. The van der Waals surface area contributed by atoms with Crippen molar-refractivity contribution in [3.63, 3.8) is 0 Å². The third kappa shape index (κ3) is 1.10. The molecule has 2 aromatic heterocycles. The summed E-state index contributed by atoms with van der Waals surface area (Å²) in [6.45, 7) is 0. The van der Waals surface area contributed by atoms with Gasteiger partial charge in [-0.1, -0.05) is 11.6 Å². The minimum absolute atomic E-state index is 0.329. The molecule has 0 spiro atoms. The van der Waals surface area contributed by atoms with Gasteiger partial charge in [-0.2, -0.15) is 0 Å². The second-order valence-electron chi connectivity index (χ2n) is 2.61. The summed E-state index contributed by atoms with van der Waals surface area (Å²) in [5.74, 6) is 0.329. The molecule has 0 saturated carbocycles.